The molecule has 0 fully saturated rings. The summed E-state index contributed by atoms with van der Waals surface area (Å²) >= 11 is 0. The van der Waals surface area contributed by atoms with Crippen molar-refractivity contribution in [1.82, 2.24) is 5.32 Å². The fourth-order valence-electron chi connectivity index (χ4n) is 1.55. The lowest BCUT2D eigenvalue weighted by atomic mass is 10.2. The summed E-state index contributed by atoms with van der Waals surface area (Å²) < 4.78 is 47.6. The van der Waals surface area contributed by atoms with Gasteiger partial charge in [-0.1, -0.05) is 12.1 Å². The summed E-state index contributed by atoms with van der Waals surface area (Å²) in [6.45, 7) is -1.03. The molecule has 0 aromatic heterocycles. The van der Waals surface area contributed by atoms with Gasteiger partial charge in [0.1, 0.15) is 5.75 Å². The number of halogens is 3. The van der Waals surface area contributed by atoms with Crippen LogP contribution in [0.5, 0.6) is 5.75 Å². The Kier molecular flexibility index (Phi) is 6.17. The number of aliphatic carboxylic acids is 1. The van der Waals surface area contributed by atoms with Gasteiger partial charge in [-0.25, -0.2) is 4.79 Å². The second-order valence-electron chi connectivity index (χ2n) is 4.20. The Morgan fingerprint density at radius 3 is 2.50 bits per heavy atom. The minimum Gasteiger partial charge on any atom is -0.483 e. The van der Waals surface area contributed by atoms with Gasteiger partial charge in [0.15, 0.2) is 12.6 Å². The molecule has 0 saturated carbocycles. The van der Waals surface area contributed by atoms with Gasteiger partial charge in [0.05, 0.1) is 12.2 Å². The van der Waals surface area contributed by atoms with E-state index in [4.69, 9.17) is 9.84 Å². The van der Waals surface area contributed by atoms with Gasteiger partial charge >= 0.3 is 12.1 Å². The first-order valence-corrected chi connectivity index (χ1v) is 6.06. The number of carboxylic acids is 1. The van der Waals surface area contributed by atoms with Crippen LogP contribution in [0.25, 0.3) is 0 Å². The van der Waals surface area contributed by atoms with E-state index in [0.29, 0.717) is 0 Å². The minimum absolute atomic E-state index is 0.278. The zero-order valence-corrected chi connectivity index (χ0v) is 11.5. The van der Waals surface area contributed by atoms with Crippen molar-refractivity contribution in [3.8, 4) is 5.75 Å². The fourth-order valence-corrected chi connectivity index (χ4v) is 1.55. The SMILES string of the molecule is COCC(NC(=O)COc1ccccc1C(F)(F)F)C(=O)O. The van der Waals surface area contributed by atoms with Crippen LogP contribution in [-0.4, -0.2) is 43.3 Å². The maximum absolute atomic E-state index is 12.7. The molecule has 0 saturated heterocycles. The van der Waals surface area contributed by atoms with E-state index >= 15 is 0 Å². The van der Waals surface area contributed by atoms with E-state index in [1.54, 1.807) is 0 Å². The Bertz CT molecular complexity index is 533. The number of ether oxygens (including phenoxy) is 2. The van der Waals surface area contributed by atoms with E-state index in [-0.39, 0.29) is 6.61 Å². The van der Waals surface area contributed by atoms with Gasteiger partial charge in [-0.3, -0.25) is 4.79 Å². The van der Waals surface area contributed by atoms with Crippen molar-refractivity contribution in [2.24, 2.45) is 0 Å². The van der Waals surface area contributed by atoms with Gasteiger partial charge in [0, 0.05) is 7.11 Å². The van der Waals surface area contributed by atoms with Crippen molar-refractivity contribution in [3.05, 3.63) is 29.8 Å². The molecule has 0 aliphatic heterocycles. The number of carbonyl (C=O) groups excluding carboxylic acids is 1. The largest absolute Gasteiger partial charge is 0.483 e. The maximum Gasteiger partial charge on any atom is 0.419 e. The van der Waals surface area contributed by atoms with Crippen LogP contribution in [0.1, 0.15) is 5.56 Å². The Morgan fingerprint density at radius 1 is 1.32 bits per heavy atom. The lowest BCUT2D eigenvalue weighted by Crippen LogP contribution is -2.45. The highest BCUT2D eigenvalue weighted by Crippen LogP contribution is 2.35. The summed E-state index contributed by atoms with van der Waals surface area (Å²) in [4.78, 5) is 22.3. The van der Waals surface area contributed by atoms with E-state index in [0.717, 1.165) is 12.1 Å². The lowest BCUT2D eigenvalue weighted by molar-refractivity contribution is -0.143. The van der Waals surface area contributed by atoms with E-state index in [9.17, 15) is 22.8 Å². The van der Waals surface area contributed by atoms with Crippen molar-refractivity contribution < 1.29 is 37.3 Å². The summed E-state index contributed by atoms with van der Waals surface area (Å²) in [6, 6.07) is 3.10. The smallest absolute Gasteiger partial charge is 0.419 e. The standard InChI is InChI=1S/C13H14F3NO5/c1-21-6-9(12(19)20)17-11(18)7-22-10-5-3-2-4-8(10)13(14,15)16/h2-5,9H,6-7H2,1H3,(H,17,18)(H,19,20). The highest BCUT2D eigenvalue weighted by atomic mass is 19.4. The highest BCUT2D eigenvalue weighted by Gasteiger charge is 2.34. The van der Waals surface area contributed by atoms with Crippen LogP contribution in [0, 0.1) is 0 Å². The molecule has 0 heterocycles. The topological polar surface area (TPSA) is 84.9 Å². The molecule has 0 bridgehead atoms. The molecule has 122 valence electrons. The van der Waals surface area contributed by atoms with Crippen LogP contribution >= 0.6 is 0 Å². The molecule has 1 amide bonds. The average molecular weight is 321 g/mol. The number of carboxylic acid groups (broad SMARTS) is 1. The van der Waals surface area contributed by atoms with Crippen LogP contribution in [-0.2, 0) is 20.5 Å². The number of carbonyl (C=O) groups is 2. The Labute approximate surface area is 123 Å². The number of methoxy groups -OCH3 is 1. The van der Waals surface area contributed by atoms with Crippen molar-refractivity contribution in [2.45, 2.75) is 12.2 Å². The van der Waals surface area contributed by atoms with Crippen molar-refractivity contribution in [3.63, 3.8) is 0 Å². The molecule has 0 radical (unpaired) electrons. The first-order chi connectivity index (χ1) is 10.3. The average Bonchev–Trinajstić information content (AvgIpc) is 2.44. The fraction of sp³-hybridized carbons (Fsp3) is 0.385. The Hall–Kier alpha value is -2.29. The first kappa shape index (κ1) is 17.8. The van der Waals surface area contributed by atoms with Crippen LogP contribution in [0.15, 0.2) is 24.3 Å². The van der Waals surface area contributed by atoms with E-state index in [2.05, 4.69) is 10.1 Å². The van der Waals surface area contributed by atoms with Gasteiger partial charge in [-0.15, -0.1) is 0 Å². The second kappa shape index (κ2) is 7.64. The first-order valence-electron chi connectivity index (χ1n) is 6.06. The minimum atomic E-state index is -4.62. The number of alkyl halides is 3. The summed E-state index contributed by atoms with van der Waals surface area (Å²) in [5.41, 5.74) is -1.02. The molecule has 1 unspecified atom stereocenters. The number of benzene rings is 1. The van der Waals surface area contributed by atoms with E-state index < -0.39 is 42.0 Å². The third-order valence-corrected chi connectivity index (χ3v) is 2.52. The van der Waals surface area contributed by atoms with Gasteiger partial charge in [0.2, 0.25) is 0 Å². The summed E-state index contributed by atoms with van der Waals surface area (Å²) in [7, 11) is 1.25. The summed E-state index contributed by atoms with van der Waals surface area (Å²) in [5, 5.41) is 10.9. The van der Waals surface area contributed by atoms with Gasteiger partial charge in [-0.2, -0.15) is 13.2 Å². The highest BCUT2D eigenvalue weighted by molar-refractivity contribution is 5.84. The molecule has 22 heavy (non-hydrogen) atoms. The van der Waals surface area contributed by atoms with Gasteiger partial charge in [0.25, 0.3) is 5.91 Å². The molecule has 2 N–H and O–H groups in total. The molecular weight excluding hydrogens is 307 g/mol. The quantitative estimate of drug-likeness (QED) is 0.791. The number of hydrogen-bond acceptors (Lipinski definition) is 4. The zero-order chi connectivity index (χ0) is 16.8. The molecular formula is C13H14F3NO5. The van der Waals surface area contributed by atoms with E-state index in [1.807, 2.05) is 0 Å². The number of amides is 1. The lowest BCUT2D eigenvalue weighted by Gasteiger charge is -2.15. The van der Waals surface area contributed by atoms with Crippen LogP contribution in [0.4, 0.5) is 13.2 Å². The van der Waals surface area contributed by atoms with Crippen molar-refractivity contribution in [1.29, 1.82) is 0 Å². The van der Waals surface area contributed by atoms with Gasteiger partial charge in [-0.05, 0) is 12.1 Å². The summed E-state index contributed by atoms with van der Waals surface area (Å²) in [5.74, 6) is -2.71. The van der Waals surface area contributed by atoms with Crippen molar-refractivity contribution >= 4 is 11.9 Å². The predicted octanol–water partition coefficient (Wildman–Crippen LogP) is 1.30. The third kappa shape index (κ3) is 5.24. The molecule has 0 aliphatic carbocycles. The van der Waals surface area contributed by atoms with Crippen LogP contribution in [0.2, 0.25) is 0 Å². The molecule has 0 spiro atoms. The third-order valence-electron chi connectivity index (χ3n) is 2.52. The molecule has 1 rings (SSSR count). The van der Waals surface area contributed by atoms with Gasteiger partial charge < -0.3 is 19.9 Å². The Balaban J connectivity index is 2.67. The molecule has 1 aromatic carbocycles. The predicted molar refractivity (Wildman–Crippen MR) is 68.4 cm³/mol. The second-order valence-corrected chi connectivity index (χ2v) is 4.20. The number of para-hydroxylation sites is 1. The number of rotatable bonds is 7. The van der Waals surface area contributed by atoms with Crippen molar-refractivity contribution in [2.75, 3.05) is 20.3 Å². The van der Waals surface area contributed by atoms with Crippen LogP contribution in [0.3, 0.4) is 0 Å². The maximum atomic E-state index is 12.7. The summed E-state index contributed by atoms with van der Waals surface area (Å²) in [6.07, 6.45) is -4.62. The normalized spacial score (nSPS) is 12.5. The number of nitrogens with one attached hydrogen (secondary N) is 1. The molecule has 1 atom stereocenters. The Morgan fingerprint density at radius 2 is 1.95 bits per heavy atom. The van der Waals surface area contributed by atoms with Crippen LogP contribution < -0.4 is 10.1 Å². The molecule has 0 aliphatic rings. The van der Waals surface area contributed by atoms with E-state index in [1.165, 1.54) is 19.2 Å². The zero-order valence-electron chi connectivity index (χ0n) is 11.5. The molecule has 9 heteroatoms. The number of hydrogen-bond donors (Lipinski definition) is 2. The monoisotopic (exact) mass is 321 g/mol. The molecule has 1 aromatic rings. The molecule has 6 nitrogen and oxygen atoms in total.